The fourth-order valence-electron chi connectivity index (χ4n) is 1.85. The topological polar surface area (TPSA) is 20.3 Å². The molecule has 1 aromatic rings. The minimum Gasteiger partial charge on any atom is -0.310 e. The van der Waals surface area contributed by atoms with Crippen LogP contribution in [0.5, 0.6) is 0 Å². The SMILES string of the molecule is CC(C)CCC(=O)N(c1ccccc1)C(C)C. The normalized spacial score (nSPS) is 10.9. The first-order chi connectivity index (χ1) is 8.02. The minimum absolute atomic E-state index is 0.206. The highest BCUT2D eigenvalue weighted by Gasteiger charge is 2.18. The van der Waals surface area contributed by atoms with Gasteiger partial charge in [-0.15, -0.1) is 0 Å². The quantitative estimate of drug-likeness (QED) is 0.756. The summed E-state index contributed by atoms with van der Waals surface area (Å²) in [7, 11) is 0. The molecular weight excluding hydrogens is 210 g/mol. The molecule has 0 aliphatic carbocycles. The van der Waals surface area contributed by atoms with Crippen LogP contribution in [0.2, 0.25) is 0 Å². The van der Waals surface area contributed by atoms with E-state index in [-0.39, 0.29) is 11.9 Å². The van der Waals surface area contributed by atoms with Crippen LogP contribution in [0.3, 0.4) is 0 Å². The van der Waals surface area contributed by atoms with E-state index in [1.54, 1.807) is 0 Å². The molecule has 0 bridgehead atoms. The molecule has 0 aromatic heterocycles. The molecular formula is C15H23NO. The zero-order valence-corrected chi connectivity index (χ0v) is 11.3. The van der Waals surface area contributed by atoms with Crippen LogP contribution in [0.1, 0.15) is 40.5 Å². The fraction of sp³-hybridized carbons (Fsp3) is 0.533. The molecule has 0 aliphatic heterocycles. The molecule has 0 radical (unpaired) electrons. The zero-order valence-electron chi connectivity index (χ0n) is 11.3. The summed E-state index contributed by atoms with van der Waals surface area (Å²) in [5.74, 6) is 0.795. The van der Waals surface area contributed by atoms with Crippen LogP contribution in [-0.2, 0) is 4.79 Å². The molecule has 94 valence electrons. The fourth-order valence-corrected chi connectivity index (χ4v) is 1.85. The van der Waals surface area contributed by atoms with E-state index in [1.807, 2.05) is 35.2 Å². The summed E-state index contributed by atoms with van der Waals surface area (Å²) in [4.78, 5) is 14.1. The Morgan fingerprint density at radius 2 is 1.71 bits per heavy atom. The number of carbonyl (C=O) groups excluding carboxylic acids is 1. The lowest BCUT2D eigenvalue weighted by Crippen LogP contribution is -2.37. The summed E-state index contributed by atoms with van der Waals surface area (Å²) in [6.07, 6.45) is 1.58. The van der Waals surface area contributed by atoms with Crippen LogP contribution in [0.15, 0.2) is 30.3 Å². The van der Waals surface area contributed by atoms with E-state index in [9.17, 15) is 4.79 Å². The van der Waals surface area contributed by atoms with E-state index < -0.39 is 0 Å². The third-order valence-corrected chi connectivity index (χ3v) is 2.76. The van der Waals surface area contributed by atoms with Gasteiger partial charge in [-0.2, -0.15) is 0 Å². The number of para-hydroxylation sites is 1. The van der Waals surface area contributed by atoms with Crippen molar-refractivity contribution in [2.75, 3.05) is 4.90 Å². The highest BCUT2D eigenvalue weighted by molar-refractivity contribution is 5.93. The van der Waals surface area contributed by atoms with E-state index in [0.29, 0.717) is 12.3 Å². The summed E-state index contributed by atoms with van der Waals surface area (Å²) in [6, 6.07) is 10.1. The summed E-state index contributed by atoms with van der Waals surface area (Å²) in [6.45, 7) is 8.41. The predicted molar refractivity (Wildman–Crippen MR) is 73.1 cm³/mol. The first-order valence-corrected chi connectivity index (χ1v) is 6.39. The van der Waals surface area contributed by atoms with E-state index in [4.69, 9.17) is 0 Å². The minimum atomic E-state index is 0.206. The Bertz CT molecular complexity index is 343. The highest BCUT2D eigenvalue weighted by Crippen LogP contribution is 2.19. The standard InChI is InChI=1S/C15H23NO/c1-12(2)10-11-15(17)16(13(3)4)14-8-6-5-7-9-14/h5-9,12-13H,10-11H2,1-4H3. The van der Waals surface area contributed by atoms with Crippen molar-refractivity contribution >= 4 is 11.6 Å². The molecule has 1 aromatic carbocycles. The van der Waals surface area contributed by atoms with Crippen molar-refractivity contribution in [3.05, 3.63) is 30.3 Å². The second-order valence-electron chi connectivity index (χ2n) is 5.13. The molecule has 2 heteroatoms. The van der Waals surface area contributed by atoms with Crippen molar-refractivity contribution in [1.29, 1.82) is 0 Å². The summed E-state index contributed by atoms with van der Waals surface area (Å²) in [5, 5.41) is 0. The second-order valence-corrected chi connectivity index (χ2v) is 5.13. The van der Waals surface area contributed by atoms with Crippen molar-refractivity contribution < 1.29 is 4.79 Å². The van der Waals surface area contributed by atoms with Gasteiger partial charge in [0.25, 0.3) is 0 Å². The Morgan fingerprint density at radius 1 is 1.12 bits per heavy atom. The highest BCUT2D eigenvalue weighted by atomic mass is 16.2. The van der Waals surface area contributed by atoms with Gasteiger partial charge in [-0.05, 0) is 38.3 Å². The van der Waals surface area contributed by atoms with E-state index in [1.165, 1.54) is 0 Å². The van der Waals surface area contributed by atoms with Crippen molar-refractivity contribution in [1.82, 2.24) is 0 Å². The van der Waals surface area contributed by atoms with Gasteiger partial charge in [-0.1, -0.05) is 32.0 Å². The largest absolute Gasteiger partial charge is 0.310 e. The molecule has 0 saturated heterocycles. The van der Waals surface area contributed by atoms with Gasteiger partial charge in [0.05, 0.1) is 0 Å². The number of hydrogen-bond acceptors (Lipinski definition) is 1. The van der Waals surface area contributed by atoms with Gasteiger partial charge in [0.15, 0.2) is 0 Å². The van der Waals surface area contributed by atoms with Gasteiger partial charge in [0, 0.05) is 18.2 Å². The molecule has 1 rings (SSSR count). The zero-order chi connectivity index (χ0) is 12.8. The van der Waals surface area contributed by atoms with Crippen molar-refractivity contribution in [2.24, 2.45) is 5.92 Å². The Hall–Kier alpha value is -1.31. The number of amides is 1. The van der Waals surface area contributed by atoms with Crippen LogP contribution >= 0.6 is 0 Å². The number of benzene rings is 1. The summed E-state index contributed by atoms with van der Waals surface area (Å²) >= 11 is 0. The van der Waals surface area contributed by atoms with Crippen molar-refractivity contribution in [3.63, 3.8) is 0 Å². The molecule has 2 nitrogen and oxygen atoms in total. The first-order valence-electron chi connectivity index (χ1n) is 6.39. The maximum absolute atomic E-state index is 12.2. The van der Waals surface area contributed by atoms with Crippen LogP contribution in [0.4, 0.5) is 5.69 Å². The Kier molecular flexibility index (Phi) is 5.20. The van der Waals surface area contributed by atoms with Crippen LogP contribution in [-0.4, -0.2) is 11.9 Å². The Labute approximate surface area is 105 Å². The van der Waals surface area contributed by atoms with Gasteiger partial charge in [-0.3, -0.25) is 4.79 Å². The molecule has 0 atom stereocenters. The van der Waals surface area contributed by atoms with Gasteiger partial charge in [0.1, 0.15) is 0 Å². The first kappa shape index (κ1) is 13.8. The number of anilines is 1. The predicted octanol–water partition coefficient (Wildman–Crippen LogP) is 3.86. The van der Waals surface area contributed by atoms with E-state index in [2.05, 4.69) is 27.7 Å². The lowest BCUT2D eigenvalue weighted by Gasteiger charge is -2.27. The van der Waals surface area contributed by atoms with Gasteiger partial charge >= 0.3 is 0 Å². The van der Waals surface area contributed by atoms with Gasteiger partial charge in [-0.25, -0.2) is 0 Å². The molecule has 0 saturated carbocycles. The van der Waals surface area contributed by atoms with Crippen molar-refractivity contribution in [2.45, 2.75) is 46.6 Å². The van der Waals surface area contributed by atoms with Gasteiger partial charge in [0.2, 0.25) is 5.91 Å². The summed E-state index contributed by atoms with van der Waals surface area (Å²) in [5.41, 5.74) is 0.997. The van der Waals surface area contributed by atoms with Crippen LogP contribution in [0.25, 0.3) is 0 Å². The van der Waals surface area contributed by atoms with Crippen LogP contribution < -0.4 is 4.90 Å². The molecule has 0 heterocycles. The number of hydrogen-bond donors (Lipinski definition) is 0. The monoisotopic (exact) mass is 233 g/mol. The maximum atomic E-state index is 12.2. The van der Waals surface area contributed by atoms with E-state index >= 15 is 0 Å². The maximum Gasteiger partial charge on any atom is 0.227 e. The summed E-state index contributed by atoms with van der Waals surface area (Å²) < 4.78 is 0. The third kappa shape index (κ3) is 4.22. The third-order valence-electron chi connectivity index (χ3n) is 2.76. The lowest BCUT2D eigenvalue weighted by molar-refractivity contribution is -0.119. The molecule has 0 fully saturated rings. The average molecular weight is 233 g/mol. The van der Waals surface area contributed by atoms with Crippen LogP contribution in [0, 0.1) is 5.92 Å². The number of rotatable bonds is 5. The number of carbonyl (C=O) groups is 1. The molecule has 17 heavy (non-hydrogen) atoms. The Balaban J connectivity index is 2.76. The molecule has 1 amide bonds. The molecule has 0 aliphatic rings. The second kappa shape index (κ2) is 6.43. The van der Waals surface area contributed by atoms with Crippen molar-refractivity contribution in [3.8, 4) is 0 Å². The molecule has 0 unspecified atom stereocenters. The molecule has 0 spiro atoms. The smallest absolute Gasteiger partial charge is 0.227 e. The molecule has 0 N–H and O–H groups in total. The van der Waals surface area contributed by atoms with E-state index in [0.717, 1.165) is 12.1 Å². The lowest BCUT2D eigenvalue weighted by atomic mass is 10.1. The average Bonchev–Trinajstić information content (AvgIpc) is 2.27. The number of nitrogens with zero attached hydrogens (tertiary/aromatic N) is 1. The van der Waals surface area contributed by atoms with Gasteiger partial charge < -0.3 is 4.90 Å². The Morgan fingerprint density at radius 3 is 2.18 bits per heavy atom.